The Kier molecular flexibility index (Phi) is 5.63. The molecule has 0 radical (unpaired) electrons. The summed E-state index contributed by atoms with van der Waals surface area (Å²) in [6, 6.07) is 12.4. The number of nitrogens with zero attached hydrogens (tertiary/aromatic N) is 1. The van der Waals surface area contributed by atoms with Crippen molar-refractivity contribution in [2.45, 2.75) is 25.8 Å². The standard InChI is InChI=1S/C20H23BrFN3O/c1-12(2)25-10-16(13-3-5-14(21)6-4-13)17(11-25)20(26)24-19-9-15(22)7-8-18(19)23/h3-9,12,16-17H,10-11,23H2,1-2H3,(H,24,26). The van der Waals surface area contributed by atoms with E-state index in [4.69, 9.17) is 5.73 Å². The Balaban J connectivity index is 1.85. The van der Waals surface area contributed by atoms with Crippen LogP contribution in [0.25, 0.3) is 0 Å². The number of benzene rings is 2. The third-order valence-electron chi connectivity index (χ3n) is 4.99. The van der Waals surface area contributed by atoms with Crippen LogP contribution in [-0.4, -0.2) is 29.9 Å². The first-order valence-corrected chi connectivity index (χ1v) is 9.50. The molecule has 2 aromatic carbocycles. The van der Waals surface area contributed by atoms with Crippen molar-refractivity contribution in [2.75, 3.05) is 24.1 Å². The smallest absolute Gasteiger partial charge is 0.229 e. The first-order chi connectivity index (χ1) is 12.3. The summed E-state index contributed by atoms with van der Waals surface area (Å²) in [5.41, 5.74) is 7.69. The van der Waals surface area contributed by atoms with Gasteiger partial charge < -0.3 is 11.1 Å². The van der Waals surface area contributed by atoms with Gasteiger partial charge in [0.25, 0.3) is 0 Å². The lowest BCUT2D eigenvalue weighted by Gasteiger charge is -2.20. The van der Waals surface area contributed by atoms with E-state index < -0.39 is 5.82 Å². The van der Waals surface area contributed by atoms with Gasteiger partial charge in [0.2, 0.25) is 5.91 Å². The second kappa shape index (κ2) is 7.76. The highest BCUT2D eigenvalue weighted by Crippen LogP contribution is 2.35. The Morgan fingerprint density at radius 1 is 1.23 bits per heavy atom. The zero-order valence-corrected chi connectivity index (χ0v) is 16.5. The maximum absolute atomic E-state index is 13.5. The summed E-state index contributed by atoms with van der Waals surface area (Å²) >= 11 is 3.45. The Morgan fingerprint density at radius 3 is 2.58 bits per heavy atom. The van der Waals surface area contributed by atoms with Crippen LogP contribution in [-0.2, 0) is 4.79 Å². The Labute approximate surface area is 161 Å². The van der Waals surface area contributed by atoms with Crippen molar-refractivity contribution in [1.29, 1.82) is 0 Å². The molecule has 1 heterocycles. The summed E-state index contributed by atoms with van der Waals surface area (Å²) < 4.78 is 14.5. The van der Waals surface area contributed by atoms with Crippen molar-refractivity contribution in [3.05, 3.63) is 58.3 Å². The molecule has 26 heavy (non-hydrogen) atoms. The maximum Gasteiger partial charge on any atom is 0.229 e. The lowest BCUT2D eigenvalue weighted by molar-refractivity contribution is -0.119. The summed E-state index contributed by atoms with van der Waals surface area (Å²) in [5.74, 6) is -0.686. The number of rotatable bonds is 4. The molecular formula is C20H23BrFN3O. The second-order valence-corrected chi connectivity index (χ2v) is 7.95. The van der Waals surface area contributed by atoms with Crippen molar-refractivity contribution in [1.82, 2.24) is 4.90 Å². The number of likely N-dealkylation sites (tertiary alicyclic amines) is 1. The lowest BCUT2D eigenvalue weighted by atomic mass is 9.88. The second-order valence-electron chi connectivity index (χ2n) is 7.03. The van der Waals surface area contributed by atoms with E-state index in [1.54, 1.807) is 0 Å². The summed E-state index contributed by atoms with van der Waals surface area (Å²) in [4.78, 5) is 15.3. The van der Waals surface area contributed by atoms with Crippen molar-refractivity contribution in [2.24, 2.45) is 5.92 Å². The van der Waals surface area contributed by atoms with Crippen LogP contribution in [0.15, 0.2) is 46.9 Å². The molecule has 0 aromatic heterocycles. The highest BCUT2D eigenvalue weighted by molar-refractivity contribution is 9.10. The number of anilines is 2. The molecular weight excluding hydrogens is 397 g/mol. The van der Waals surface area contributed by atoms with Crippen LogP contribution in [0.5, 0.6) is 0 Å². The monoisotopic (exact) mass is 419 g/mol. The van der Waals surface area contributed by atoms with Gasteiger partial charge in [-0.05, 0) is 49.7 Å². The molecule has 1 fully saturated rings. The van der Waals surface area contributed by atoms with Crippen molar-refractivity contribution in [3.63, 3.8) is 0 Å². The summed E-state index contributed by atoms with van der Waals surface area (Å²) in [5, 5.41) is 2.82. The number of nitrogens with two attached hydrogens (primary N) is 1. The van der Waals surface area contributed by atoms with Crippen LogP contribution in [0, 0.1) is 11.7 Å². The molecule has 3 rings (SSSR count). The Morgan fingerprint density at radius 2 is 1.92 bits per heavy atom. The molecule has 1 amide bonds. The minimum absolute atomic E-state index is 0.0836. The Hall–Kier alpha value is -1.92. The molecule has 3 N–H and O–H groups in total. The summed E-state index contributed by atoms with van der Waals surface area (Å²) in [6.45, 7) is 5.74. The molecule has 1 aliphatic rings. The molecule has 4 nitrogen and oxygen atoms in total. The van der Waals surface area contributed by atoms with Gasteiger partial charge >= 0.3 is 0 Å². The SMILES string of the molecule is CC(C)N1CC(C(=O)Nc2cc(F)ccc2N)C(c2ccc(Br)cc2)C1. The lowest BCUT2D eigenvalue weighted by Crippen LogP contribution is -2.31. The van der Waals surface area contributed by atoms with Crippen LogP contribution >= 0.6 is 15.9 Å². The molecule has 2 atom stereocenters. The minimum atomic E-state index is -0.422. The third-order valence-corrected chi connectivity index (χ3v) is 5.52. The number of hydrogen-bond acceptors (Lipinski definition) is 3. The Bertz CT molecular complexity index is 794. The highest BCUT2D eigenvalue weighted by atomic mass is 79.9. The number of carbonyl (C=O) groups excluding carboxylic acids is 1. The van der Waals surface area contributed by atoms with Gasteiger partial charge in [0.1, 0.15) is 5.82 Å². The van der Waals surface area contributed by atoms with Gasteiger partial charge in [-0.1, -0.05) is 28.1 Å². The topological polar surface area (TPSA) is 58.4 Å². The van der Waals surface area contributed by atoms with E-state index in [2.05, 4.69) is 52.1 Å². The first kappa shape index (κ1) is 18.9. The zero-order chi connectivity index (χ0) is 18.8. The molecule has 1 saturated heterocycles. The normalized spacial score (nSPS) is 20.5. The zero-order valence-electron chi connectivity index (χ0n) is 14.9. The van der Waals surface area contributed by atoms with Gasteiger partial charge in [-0.2, -0.15) is 0 Å². The molecule has 1 aliphatic heterocycles. The number of halogens is 2. The fraction of sp³-hybridized carbons (Fsp3) is 0.350. The minimum Gasteiger partial charge on any atom is -0.397 e. The van der Waals surface area contributed by atoms with Crippen molar-refractivity contribution in [3.8, 4) is 0 Å². The van der Waals surface area contributed by atoms with Crippen LogP contribution < -0.4 is 11.1 Å². The fourth-order valence-electron chi connectivity index (χ4n) is 3.43. The molecule has 138 valence electrons. The molecule has 0 spiro atoms. The first-order valence-electron chi connectivity index (χ1n) is 8.70. The van der Waals surface area contributed by atoms with Crippen LogP contribution in [0.1, 0.15) is 25.3 Å². The predicted octanol–water partition coefficient (Wildman–Crippen LogP) is 4.23. The molecule has 6 heteroatoms. The van der Waals surface area contributed by atoms with E-state index in [0.717, 1.165) is 16.6 Å². The van der Waals surface area contributed by atoms with Crippen LogP contribution in [0.3, 0.4) is 0 Å². The average Bonchev–Trinajstić information content (AvgIpc) is 3.04. The molecule has 2 aromatic rings. The quantitative estimate of drug-likeness (QED) is 0.728. The third kappa shape index (κ3) is 4.07. The summed E-state index contributed by atoms with van der Waals surface area (Å²) in [7, 11) is 0. The van der Waals surface area contributed by atoms with E-state index in [9.17, 15) is 9.18 Å². The maximum atomic E-state index is 13.5. The molecule has 2 unspecified atom stereocenters. The van der Waals surface area contributed by atoms with E-state index >= 15 is 0 Å². The van der Waals surface area contributed by atoms with Gasteiger partial charge in [0.15, 0.2) is 0 Å². The van der Waals surface area contributed by atoms with E-state index in [1.807, 2.05) is 12.1 Å². The molecule has 0 bridgehead atoms. The number of nitrogens with one attached hydrogen (secondary N) is 1. The average molecular weight is 420 g/mol. The fourth-order valence-corrected chi connectivity index (χ4v) is 3.70. The number of amides is 1. The van der Waals surface area contributed by atoms with Crippen LogP contribution in [0.4, 0.5) is 15.8 Å². The van der Waals surface area contributed by atoms with Gasteiger partial charge in [-0.3, -0.25) is 9.69 Å². The number of nitrogen functional groups attached to an aromatic ring is 1. The van der Waals surface area contributed by atoms with E-state index in [-0.39, 0.29) is 17.7 Å². The predicted molar refractivity (Wildman–Crippen MR) is 107 cm³/mol. The van der Waals surface area contributed by atoms with Gasteiger partial charge in [-0.25, -0.2) is 4.39 Å². The van der Waals surface area contributed by atoms with Gasteiger partial charge in [-0.15, -0.1) is 0 Å². The van der Waals surface area contributed by atoms with E-state index in [0.29, 0.717) is 24.0 Å². The van der Waals surface area contributed by atoms with E-state index in [1.165, 1.54) is 18.2 Å². The number of carbonyl (C=O) groups is 1. The van der Waals surface area contributed by atoms with Crippen molar-refractivity contribution < 1.29 is 9.18 Å². The number of hydrogen-bond donors (Lipinski definition) is 2. The van der Waals surface area contributed by atoms with Gasteiger partial charge in [0.05, 0.1) is 17.3 Å². The largest absolute Gasteiger partial charge is 0.397 e. The van der Waals surface area contributed by atoms with Crippen LogP contribution in [0.2, 0.25) is 0 Å². The molecule has 0 saturated carbocycles. The highest BCUT2D eigenvalue weighted by Gasteiger charge is 2.39. The summed E-state index contributed by atoms with van der Waals surface area (Å²) in [6.07, 6.45) is 0. The van der Waals surface area contributed by atoms with Gasteiger partial charge in [0, 0.05) is 29.5 Å². The van der Waals surface area contributed by atoms with Crippen molar-refractivity contribution >= 4 is 33.2 Å². The molecule has 0 aliphatic carbocycles.